The molecular weight excluding hydrogens is 234 g/mol. The minimum atomic E-state index is -0.416. The van der Waals surface area contributed by atoms with Crippen molar-refractivity contribution in [1.82, 2.24) is 0 Å². The van der Waals surface area contributed by atoms with Crippen molar-refractivity contribution >= 4 is 17.1 Å². The zero-order chi connectivity index (χ0) is 13.1. The highest BCUT2D eigenvalue weighted by molar-refractivity contribution is 5.75. The first kappa shape index (κ1) is 12.6. The van der Waals surface area contributed by atoms with Gasteiger partial charge in [0, 0.05) is 20.2 Å². The van der Waals surface area contributed by atoms with Crippen LogP contribution < -0.4 is 10.6 Å². The van der Waals surface area contributed by atoms with Crippen LogP contribution in [-0.2, 0) is 4.74 Å². The first-order valence-corrected chi connectivity index (χ1v) is 5.94. The molecule has 98 valence electrons. The Morgan fingerprint density at radius 2 is 2.33 bits per heavy atom. The van der Waals surface area contributed by atoms with Crippen LogP contribution >= 0.6 is 0 Å². The molecule has 1 saturated heterocycles. The van der Waals surface area contributed by atoms with Crippen molar-refractivity contribution in [2.75, 3.05) is 30.8 Å². The summed E-state index contributed by atoms with van der Waals surface area (Å²) in [5, 5.41) is 11.1. The summed E-state index contributed by atoms with van der Waals surface area (Å²) >= 11 is 0. The Labute approximate surface area is 105 Å². The van der Waals surface area contributed by atoms with Crippen LogP contribution in [-0.4, -0.2) is 31.2 Å². The minimum Gasteiger partial charge on any atom is -0.393 e. The zero-order valence-corrected chi connectivity index (χ0v) is 10.3. The average Bonchev–Trinajstić information content (AvgIpc) is 2.38. The fraction of sp³-hybridized carbons (Fsp3) is 0.500. The quantitative estimate of drug-likeness (QED) is 0.503. The zero-order valence-electron chi connectivity index (χ0n) is 10.3. The minimum absolute atomic E-state index is 0.00532. The number of hydrogen-bond acceptors (Lipinski definition) is 5. The van der Waals surface area contributed by atoms with E-state index in [0.29, 0.717) is 12.2 Å². The Hall–Kier alpha value is -1.82. The Balaban J connectivity index is 2.32. The fourth-order valence-corrected chi connectivity index (χ4v) is 2.35. The van der Waals surface area contributed by atoms with E-state index in [4.69, 9.17) is 10.5 Å². The number of benzene rings is 1. The lowest BCUT2D eigenvalue weighted by Gasteiger charge is -2.33. The Kier molecular flexibility index (Phi) is 3.66. The number of piperidine rings is 1. The van der Waals surface area contributed by atoms with Gasteiger partial charge in [-0.3, -0.25) is 10.1 Å². The summed E-state index contributed by atoms with van der Waals surface area (Å²) in [4.78, 5) is 12.7. The number of nitro benzene ring substituents is 1. The van der Waals surface area contributed by atoms with Crippen molar-refractivity contribution < 1.29 is 9.66 Å². The van der Waals surface area contributed by atoms with Gasteiger partial charge in [-0.05, 0) is 25.0 Å². The van der Waals surface area contributed by atoms with E-state index in [0.717, 1.165) is 19.4 Å². The maximum Gasteiger partial charge on any atom is 0.315 e. The maximum absolute atomic E-state index is 11.1. The highest BCUT2D eigenvalue weighted by atomic mass is 16.6. The molecule has 0 radical (unpaired) electrons. The van der Waals surface area contributed by atoms with Crippen LogP contribution in [0.2, 0.25) is 0 Å². The molecule has 1 aliphatic heterocycles. The van der Waals surface area contributed by atoms with Gasteiger partial charge in [-0.2, -0.15) is 0 Å². The molecule has 0 bridgehead atoms. The van der Waals surface area contributed by atoms with Crippen molar-refractivity contribution in [3.63, 3.8) is 0 Å². The molecule has 0 aliphatic carbocycles. The van der Waals surface area contributed by atoms with Crippen LogP contribution in [0.4, 0.5) is 17.1 Å². The largest absolute Gasteiger partial charge is 0.393 e. The van der Waals surface area contributed by atoms with Gasteiger partial charge in [-0.15, -0.1) is 0 Å². The number of nitro groups is 1. The van der Waals surface area contributed by atoms with Gasteiger partial charge >= 0.3 is 5.69 Å². The van der Waals surface area contributed by atoms with Crippen molar-refractivity contribution in [2.24, 2.45) is 0 Å². The molecule has 6 heteroatoms. The van der Waals surface area contributed by atoms with Crippen molar-refractivity contribution in [2.45, 2.75) is 18.9 Å². The first-order valence-electron chi connectivity index (χ1n) is 5.94. The number of nitrogens with two attached hydrogens (primary N) is 1. The topological polar surface area (TPSA) is 81.6 Å². The predicted octanol–water partition coefficient (Wildman–Crippen LogP) is 1.79. The Morgan fingerprint density at radius 3 is 3.00 bits per heavy atom. The van der Waals surface area contributed by atoms with Crippen LogP contribution in [0, 0.1) is 10.1 Å². The molecule has 1 aromatic rings. The van der Waals surface area contributed by atoms with Gasteiger partial charge in [-0.1, -0.05) is 6.07 Å². The van der Waals surface area contributed by atoms with Crippen molar-refractivity contribution in [1.29, 1.82) is 0 Å². The number of ether oxygens (including phenoxy) is 1. The number of nitrogens with zero attached hydrogens (tertiary/aromatic N) is 2. The summed E-state index contributed by atoms with van der Waals surface area (Å²) < 4.78 is 5.33. The lowest BCUT2D eigenvalue weighted by atomic mass is 10.1. The molecule has 6 nitrogen and oxygen atoms in total. The smallest absolute Gasteiger partial charge is 0.315 e. The molecule has 1 aliphatic rings. The molecule has 1 aromatic carbocycles. The number of hydrogen-bond donors (Lipinski definition) is 1. The van der Waals surface area contributed by atoms with Gasteiger partial charge in [0.15, 0.2) is 0 Å². The highest BCUT2D eigenvalue weighted by Crippen LogP contribution is 2.35. The number of nitrogen functional groups attached to an aromatic ring is 1. The van der Waals surface area contributed by atoms with Crippen LogP contribution in [0.1, 0.15) is 12.8 Å². The van der Waals surface area contributed by atoms with E-state index in [2.05, 4.69) is 0 Å². The molecular formula is C12H17N3O3. The van der Waals surface area contributed by atoms with Crippen LogP contribution in [0.15, 0.2) is 18.2 Å². The number of rotatable bonds is 3. The van der Waals surface area contributed by atoms with E-state index in [-0.39, 0.29) is 17.5 Å². The third-order valence-corrected chi connectivity index (χ3v) is 3.28. The van der Waals surface area contributed by atoms with Gasteiger partial charge in [-0.25, -0.2) is 0 Å². The van der Waals surface area contributed by atoms with Crippen LogP contribution in [0.5, 0.6) is 0 Å². The lowest BCUT2D eigenvalue weighted by molar-refractivity contribution is -0.383. The third-order valence-electron chi connectivity index (χ3n) is 3.28. The molecule has 18 heavy (non-hydrogen) atoms. The average molecular weight is 251 g/mol. The number of methoxy groups -OCH3 is 1. The molecule has 1 unspecified atom stereocenters. The summed E-state index contributed by atoms with van der Waals surface area (Å²) in [6.07, 6.45) is 2.08. The van der Waals surface area contributed by atoms with Gasteiger partial charge in [0.2, 0.25) is 0 Å². The van der Waals surface area contributed by atoms with E-state index < -0.39 is 4.92 Å². The molecule has 0 aromatic heterocycles. The summed E-state index contributed by atoms with van der Waals surface area (Å²) in [6, 6.07) is 5.04. The van der Waals surface area contributed by atoms with Gasteiger partial charge < -0.3 is 15.4 Å². The third kappa shape index (κ3) is 2.38. The second-order valence-corrected chi connectivity index (χ2v) is 4.42. The summed E-state index contributed by atoms with van der Waals surface area (Å²) in [5.41, 5.74) is 6.48. The molecule has 0 spiro atoms. The van der Waals surface area contributed by atoms with E-state index in [1.807, 2.05) is 4.90 Å². The summed E-state index contributed by atoms with van der Waals surface area (Å²) in [6.45, 7) is 1.46. The Morgan fingerprint density at radius 1 is 1.56 bits per heavy atom. The second-order valence-electron chi connectivity index (χ2n) is 4.42. The molecule has 2 N–H and O–H groups in total. The summed E-state index contributed by atoms with van der Waals surface area (Å²) in [5.74, 6) is 0. The lowest BCUT2D eigenvalue weighted by Crippen LogP contribution is -2.39. The maximum atomic E-state index is 11.1. The highest BCUT2D eigenvalue weighted by Gasteiger charge is 2.26. The monoisotopic (exact) mass is 251 g/mol. The van der Waals surface area contributed by atoms with E-state index in [9.17, 15) is 10.1 Å². The SMILES string of the molecule is COC1CCCN(c2cccc(N)c2[N+](=O)[O-])C1. The fourth-order valence-electron chi connectivity index (χ4n) is 2.35. The van der Waals surface area contributed by atoms with E-state index in [1.165, 1.54) is 0 Å². The molecule has 2 rings (SSSR count). The van der Waals surface area contributed by atoms with Gasteiger partial charge in [0.25, 0.3) is 0 Å². The second kappa shape index (κ2) is 5.22. The van der Waals surface area contributed by atoms with E-state index >= 15 is 0 Å². The van der Waals surface area contributed by atoms with Crippen molar-refractivity contribution in [3.05, 3.63) is 28.3 Å². The first-order chi connectivity index (χ1) is 8.63. The van der Waals surface area contributed by atoms with Crippen LogP contribution in [0.3, 0.4) is 0 Å². The van der Waals surface area contributed by atoms with Crippen LogP contribution in [0.25, 0.3) is 0 Å². The normalized spacial score (nSPS) is 19.8. The summed E-state index contributed by atoms with van der Waals surface area (Å²) in [7, 11) is 1.67. The Bertz CT molecular complexity index is 450. The number of para-hydroxylation sites is 1. The standard InChI is InChI=1S/C12H17N3O3/c1-18-9-4-3-7-14(8-9)11-6-2-5-10(13)12(11)15(16)17/h2,5-6,9H,3-4,7-8,13H2,1H3. The molecule has 1 atom stereocenters. The van der Waals surface area contributed by atoms with Gasteiger partial charge in [0.05, 0.1) is 11.0 Å². The van der Waals surface area contributed by atoms with E-state index in [1.54, 1.807) is 25.3 Å². The molecule has 1 heterocycles. The molecule has 0 saturated carbocycles. The predicted molar refractivity (Wildman–Crippen MR) is 69.8 cm³/mol. The van der Waals surface area contributed by atoms with Crippen molar-refractivity contribution in [3.8, 4) is 0 Å². The number of anilines is 2. The molecule has 1 fully saturated rings. The van der Waals surface area contributed by atoms with Gasteiger partial charge in [0.1, 0.15) is 11.4 Å². The molecule has 0 amide bonds.